The summed E-state index contributed by atoms with van der Waals surface area (Å²) in [4.78, 5) is 23.4. The summed E-state index contributed by atoms with van der Waals surface area (Å²) in [5.74, 6) is 0.617. The van der Waals surface area contributed by atoms with Crippen molar-refractivity contribution < 1.29 is 9.53 Å². The number of rotatable bonds is 6. The van der Waals surface area contributed by atoms with Crippen LogP contribution in [-0.4, -0.2) is 60.2 Å². The fraction of sp³-hybridized carbons (Fsp3) is 0.400. The lowest BCUT2D eigenvalue weighted by atomic mass is 10.4. The molecule has 2 aromatic rings. The average molecular weight is 333 g/mol. The Morgan fingerprint density at radius 2 is 2.17 bits per heavy atom. The third kappa shape index (κ3) is 4.72. The number of amides is 1. The van der Waals surface area contributed by atoms with Crippen molar-refractivity contribution in [1.82, 2.24) is 20.2 Å². The number of hydrogen-bond donors (Lipinski definition) is 2. The first-order valence-electron chi connectivity index (χ1n) is 7.53. The maximum Gasteiger partial charge on any atom is 0.263 e. The van der Waals surface area contributed by atoms with Gasteiger partial charge in [0.2, 0.25) is 0 Å². The Bertz CT molecular complexity index is 628. The predicted octanol–water partition coefficient (Wildman–Crippen LogP) is 1.34. The molecule has 1 aliphatic heterocycles. The van der Waals surface area contributed by atoms with Crippen molar-refractivity contribution in [2.75, 3.05) is 44.7 Å². The molecule has 23 heavy (non-hydrogen) atoms. The van der Waals surface area contributed by atoms with Gasteiger partial charge in [-0.1, -0.05) is 17.4 Å². The Morgan fingerprint density at radius 1 is 1.30 bits per heavy atom. The second-order valence-corrected chi connectivity index (χ2v) is 6.11. The zero-order valence-corrected chi connectivity index (χ0v) is 13.5. The topological polar surface area (TPSA) is 79.4 Å². The van der Waals surface area contributed by atoms with Gasteiger partial charge < -0.3 is 15.4 Å². The first kappa shape index (κ1) is 15.9. The van der Waals surface area contributed by atoms with E-state index in [2.05, 4.69) is 25.5 Å². The van der Waals surface area contributed by atoms with Crippen LogP contribution >= 0.6 is 11.3 Å². The van der Waals surface area contributed by atoms with E-state index in [0.717, 1.165) is 32.8 Å². The van der Waals surface area contributed by atoms with Crippen molar-refractivity contribution in [1.29, 1.82) is 0 Å². The molecule has 1 amide bonds. The number of thiazole rings is 1. The summed E-state index contributed by atoms with van der Waals surface area (Å²) >= 11 is 1.31. The lowest BCUT2D eigenvalue weighted by Crippen LogP contribution is -2.41. The normalized spacial score (nSPS) is 15.3. The van der Waals surface area contributed by atoms with Crippen LogP contribution in [0.4, 0.5) is 10.9 Å². The van der Waals surface area contributed by atoms with Gasteiger partial charge in [0, 0.05) is 32.4 Å². The molecule has 1 aliphatic rings. The summed E-state index contributed by atoms with van der Waals surface area (Å²) in [6, 6.07) is 5.59. The molecule has 3 heterocycles. The highest BCUT2D eigenvalue weighted by atomic mass is 32.1. The SMILES string of the molecule is O=C(NCCN1CCOCC1)c1cnc(Nc2ccccn2)s1. The molecule has 0 unspecified atom stereocenters. The number of nitrogens with one attached hydrogen (secondary N) is 2. The predicted molar refractivity (Wildman–Crippen MR) is 89.2 cm³/mol. The van der Waals surface area contributed by atoms with E-state index < -0.39 is 0 Å². The third-order valence-corrected chi connectivity index (χ3v) is 4.36. The van der Waals surface area contributed by atoms with E-state index in [9.17, 15) is 4.79 Å². The lowest BCUT2D eigenvalue weighted by molar-refractivity contribution is 0.0383. The summed E-state index contributed by atoms with van der Waals surface area (Å²) in [5.41, 5.74) is 0. The Hall–Kier alpha value is -2.03. The fourth-order valence-electron chi connectivity index (χ4n) is 2.22. The number of morpholine rings is 1. The van der Waals surface area contributed by atoms with Crippen LogP contribution in [-0.2, 0) is 4.74 Å². The molecule has 3 rings (SSSR count). The quantitative estimate of drug-likeness (QED) is 0.831. The number of ether oxygens (including phenoxy) is 1. The molecule has 0 aliphatic carbocycles. The van der Waals surface area contributed by atoms with Gasteiger partial charge >= 0.3 is 0 Å². The Labute approximate surface area is 138 Å². The standard InChI is InChI=1S/C15H19N5O2S/c21-14(17-5-6-20-7-9-22-10-8-20)12-11-18-15(23-12)19-13-3-1-2-4-16-13/h1-4,11H,5-10H2,(H,17,21)(H,16,18,19). The van der Waals surface area contributed by atoms with Gasteiger partial charge in [0.15, 0.2) is 5.13 Å². The molecule has 0 saturated carbocycles. The molecule has 7 nitrogen and oxygen atoms in total. The molecular formula is C15H19N5O2S. The summed E-state index contributed by atoms with van der Waals surface area (Å²) in [7, 11) is 0. The molecule has 2 N–H and O–H groups in total. The number of pyridine rings is 1. The van der Waals surface area contributed by atoms with Gasteiger partial charge in [-0.05, 0) is 12.1 Å². The maximum absolute atomic E-state index is 12.1. The summed E-state index contributed by atoms with van der Waals surface area (Å²) in [5, 5.41) is 6.66. The average Bonchev–Trinajstić information content (AvgIpc) is 3.05. The molecule has 122 valence electrons. The van der Waals surface area contributed by atoms with Gasteiger partial charge in [-0.15, -0.1) is 0 Å². The van der Waals surface area contributed by atoms with E-state index in [1.54, 1.807) is 12.4 Å². The lowest BCUT2D eigenvalue weighted by Gasteiger charge is -2.26. The largest absolute Gasteiger partial charge is 0.379 e. The summed E-state index contributed by atoms with van der Waals surface area (Å²) in [6.45, 7) is 4.85. The number of carbonyl (C=O) groups excluding carboxylic acids is 1. The van der Waals surface area contributed by atoms with Gasteiger partial charge in [-0.3, -0.25) is 9.69 Å². The minimum atomic E-state index is -0.0927. The maximum atomic E-state index is 12.1. The van der Waals surface area contributed by atoms with Crippen molar-refractivity contribution in [3.63, 3.8) is 0 Å². The zero-order valence-electron chi connectivity index (χ0n) is 12.7. The van der Waals surface area contributed by atoms with E-state index in [1.165, 1.54) is 11.3 Å². The van der Waals surface area contributed by atoms with Crippen LogP contribution in [0.1, 0.15) is 9.67 Å². The molecule has 0 atom stereocenters. The molecular weight excluding hydrogens is 314 g/mol. The molecule has 0 radical (unpaired) electrons. The van der Waals surface area contributed by atoms with Crippen LogP contribution in [0.3, 0.4) is 0 Å². The molecule has 1 fully saturated rings. The highest BCUT2D eigenvalue weighted by Gasteiger charge is 2.13. The van der Waals surface area contributed by atoms with Crippen LogP contribution in [0.2, 0.25) is 0 Å². The molecule has 0 aromatic carbocycles. The Morgan fingerprint density at radius 3 is 2.96 bits per heavy atom. The number of aromatic nitrogens is 2. The van der Waals surface area contributed by atoms with Crippen molar-refractivity contribution in [2.24, 2.45) is 0 Å². The molecule has 1 saturated heterocycles. The van der Waals surface area contributed by atoms with E-state index >= 15 is 0 Å². The minimum absolute atomic E-state index is 0.0927. The highest BCUT2D eigenvalue weighted by molar-refractivity contribution is 7.17. The first-order chi connectivity index (χ1) is 11.3. The van der Waals surface area contributed by atoms with Crippen molar-refractivity contribution in [3.8, 4) is 0 Å². The van der Waals surface area contributed by atoms with Crippen LogP contribution in [0.15, 0.2) is 30.6 Å². The number of hydrogen-bond acceptors (Lipinski definition) is 7. The van der Waals surface area contributed by atoms with E-state index in [1.807, 2.05) is 18.2 Å². The molecule has 0 bridgehead atoms. The summed E-state index contributed by atoms with van der Waals surface area (Å²) < 4.78 is 5.30. The minimum Gasteiger partial charge on any atom is -0.379 e. The van der Waals surface area contributed by atoms with Gasteiger partial charge in [-0.25, -0.2) is 9.97 Å². The number of anilines is 2. The van der Waals surface area contributed by atoms with Crippen molar-refractivity contribution in [3.05, 3.63) is 35.5 Å². The third-order valence-electron chi connectivity index (χ3n) is 3.45. The fourth-order valence-corrected chi connectivity index (χ4v) is 2.96. The van der Waals surface area contributed by atoms with E-state index in [4.69, 9.17) is 4.74 Å². The molecule has 8 heteroatoms. The van der Waals surface area contributed by atoms with Crippen LogP contribution < -0.4 is 10.6 Å². The summed E-state index contributed by atoms with van der Waals surface area (Å²) in [6.07, 6.45) is 3.29. The second kappa shape index (κ2) is 8.00. The monoisotopic (exact) mass is 333 g/mol. The van der Waals surface area contributed by atoms with Crippen LogP contribution in [0, 0.1) is 0 Å². The first-order valence-corrected chi connectivity index (χ1v) is 8.35. The van der Waals surface area contributed by atoms with E-state index in [-0.39, 0.29) is 5.91 Å². The second-order valence-electron chi connectivity index (χ2n) is 5.08. The number of nitrogens with zero attached hydrogens (tertiary/aromatic N) is 3. The van der Waals surface area contributed by atoms with Gasteiger partial charge in [0.1, 0.15) is 10.7 Å². The van der Waals surface area contributed by atoms with Crippen LogP contribution in [0.25, 0.3) is 0 Å². The van der Waals surface area contributed by atoms with Gasteiger partial charge in [0.25, 0.3) is 5.91 Å². The zero-order chi connectivity index (χ0) is 15.9. The van der Waals surface area contributed by atoms with Crippen molar-refractivity contribution >= 4 is 28.2 Å². The van der Waals surface area contributed by atoms with Crippen LogP contribution in [0.5, 0.6) is 0 Å². The Kier molecular flexibility index (Phi) is 5.51. The highest BCUT2D eigenvalue weighted by Crippen LogP contribution is 2.21. The smallest absolute Gasteiger partial charge is 0.263 e. The van der Waals surface area contributed by atoms with Gasteiger partial charge in [-0.2, -0.15) is 0 Å². The van der Waals surface area contributed by atoms with E-state index in [0.29, 0.717) is 22.4 Å². The van der Waals surface area contributed by atoms with Gasteiger partial charge in [0.05, 0.1) is 19.4 Å². The number of carbonyl (C=O) groups is 1. The molecule has 2 aromatic heterocycles. The Balaban J connectivity index is 1.46. The van der Waals surface area contributed by atoms with Crippen molar-refractivity contribution in [2.45, 2.75) is 0 Å². The molecule has 0 spiro atoms.